The number of ether oxygens (including phenoxy) is 2. The summed E-state index contributed by atoms with van der Waals surface area (Å²) in [6, 6.07) is 11.4. The van der Waals surface area contributed by atoms with Gasteiger partial charge in [0, 0.05) is 22.5 Å². The Bertz CT molecular complexity index is 747. The monoisotopic (exact) mass is 362 g/mol. The first-order valence-corrected chi connectivity index (χ1v) is 8.18. The third kappa shape index (κ3) is 5.39. The van der Waals surface area contributed by atoms with Crippen LogP contribution in [0, 0.1) is 0 Å². The lowest BCUT2D eigenvalue weighted by Crippen LogP contribution is -2.29. The van der Waals surface area contributed by atoms with Crippen LogP contribution in [0.25, 0.3) is 0 Å². The quantitative estimate of drug-likeness (QED) is 0.768. The standard InChI is InChI=1S/C18H19ClN2O4/c1-3-24-15-10-9-14(11-16(15)25-4-2)21-18(23)17(22)20-13-7-5-12(19)6-8-13/h5-11H,3-4H2,1-2H3,(H,20,22)(H,21,23). The van der Waals surface area contributed by atoms with Gasteiger partial charge in [-0.15, -0.1) is 0 Å². The van der Waals surface area contributed by atoms with Crippen LogP contribution >= 0.6 is 11.6 Å². The summed E-state index contributed by atoms with van der Waals surface area (Å²) in [6.45, 7) is 4.66. The molecule has 0 aliphatic carbocycles. The van der Waals surface area contributed by atoms with Crippen LogP contribution in [0.4, 0.5) is 11.4 Å². The zero-order valence-electron chi connectivity index (χ0n) is 14.0. The predicted octanol–water partition coefficient (Wildman–Crippen LogP) is 3.71. The maximum Gasteiger partial charge on any atom is 0.314 e. The van der Waals surface area contributed by atoms with Crippen molar-refractivity contribution >= 4 is 34.8 Å². The molecule has 0 spiro atoms. The zero-order valence-corrected chi connectivity index (χ0v) is 14.7. The lowest BCUT2D eigenvalue weighted by molar-refractivity contribution is -0.132. The average Bonchev–Trinajstić information content (AvgIpc) is 2.59. The van der Waals surface area contributed by atoms with E-state index in [4.69, 9.17) is 21.1 Å². The van der Waals surface area contributed by atoms with Crippen molar-refractivity contribution in [1.29, 1.82) is 0 Å². The second-order valence-electron chi connectivity index (χ2n) is 4.94. The van der Waals surface area contributed by atoms with Crippen LogP contribution in [-0.4, -0.2) is 25.0 Å². The first kappa shape index (κ1) is 18.6. The van der Waals surface area contributed by atoms with E-state index in [-0.39, 0.29) is 0 Å². The van der Waals surface area contributed by atoms with Gasteiger partial charge in [-0.25, -0.2) is 0 Å². The Morgan fingerprint density at radius 3 is 1.96 bits per heavy atom. The molecule has 25 heavy (non-hydrogen) atoms. The second kappa shape index (κ2) is 8.94. The van der Waals surface area contributed by atoms with E-state index in [2.05, 4.69) is 10.6 Å². The van der Waals surface area contributed by atoms with Gasteiger partial charge in [-0.2, -0.15) is 0 Å². The van der Waals surface area contributed by atoms with Gasteiger partial charge in [0.05, 0.1) is 13.2 Å². The minimum Gasteiger partial charge on any atom is -0.490 e. The Hall–Kier alpha value is -2.73. The number of rotatable bonds is 6. The van der Waals surface area contributed by atoms with Crippen LogP contribution in [0.1, 0.15) is 13.8 Å². The zero-order chi connectivity index (χ0) is 18.2. The van der Waals surface area contributed by atoms with Gasteiger partial charge in [-0.3, -0.25) is 9.59 Å². The molecule has 6 nitrogen and oxygen atoms in total. The van der Waals surface area contributed by atoms with E-state index in [1.807, 2.05) is 13.8 Å². The first-order chi connectivity index (χ1) is 12.0. The summed E-state index contributed by atoms with van der Waals surface area (Å²) < 4.78 is 10.9. The summed E-state index contributed by atoms with van der Waals surface area (Å²) >= 11 is 5.78. The van der Waals surface area contributed by atoms with Gasteiger partial charge in [0.15, 0.2) is 11.5 Å². The molecule has 0 bridgehead atoms. The third-order valence-electron chi connectivity index (χ3n) is 3.11. The van der Waals surface area contributed by atoms with Crippen LogP contribution < -0.4 is 20.1 Å². The number of anilines is 2. The lowest BCUT2D eigenvalue weighted by Gasteiger charge is -2.13. The Morgan fingerprint density at radius 2 is 1.36 bits per heavy atom. The van der Waals surface area contributed by atoms with Gasteiger partial charge in [-0.05, 0) is 50.2 Å². The Labute approximate surface area is 151 Å². The number of benzene rings is 2. The van der Waals surface area contributed by atoms with Crippen LogP contribution in [-0.2, 0) is 9.59 Å². The maximum atomic E-state index is 12.0. The van der Waals surface area contributed by atoms with Crippen molar-refractivity contribution < 1.29 is 19.1 Å². The summed E-state index contributed by atoms with van der Waals surface area (Å²) in [6.07, 6.45) is 0. The molecular weight excluding hydrogens is 344 g/mol. The van der Waals surface area contributed by atoms with Crippen LogP contribution in [0.2, 0.25) is 5.02 Å². The van der Waals surface area contributed by atoms with Crippen molar-refractivity contribution in [2.45, 2.75) is 13.8 Å². The molecule has 2 aromatic carbocycles. The second-order valence-corrected chi connectivity index (χ2v) is 5.38. The smallest absolute Gasteiger partial charge is 0.314 e. The summed E-state index contributed by atoms with van der Waals surface area (Å²) in [4.78, 5) is 24.0. The number of amides is 2. The van der Waals surface area contributed by atoms with Gasteiger partial charge in [0.2, 0.25) is 0 Å². The summed E-state index contributed by atoms with van der Waals surface area (Å²) in [5, 5.41) is 5.57. The highest BCUT2D eigenvalue weighted by Gasteiger charge is 2.15. The van der Waals surface area contributed by atoms with Crippen molar-refractivity contribution in [3.8, 4) is 11.5 Å². The van der Waals surface area contributed by atoms with E-state index in [0.717, 1.165) is 0 Å². The minimum absolute atomic E-state index is 0.433. The SMILES string of the molecule is CCOc1ccc(NC(=O)C(=O)Nc2ccc(Cl)cc2)cc1OCC. The topological polar surface area (TPSA) is 76.7 Å². The molecule has 0 aliphatic heterocycles. The maximum absolute atomic E-state index is 12.0. The molecule has 2 N–H and O–H groups in total. The number of nitrogens with one attached hydrogen (secondary N) is 2. The summed E-state index contributed by atoms with van der Waals surface area (Å²) in [5.74, 6) is -0.496. The van der Waals surface area contributed by atoms with Gasteiger partial charge in [0.25, 0.3) is 0 Å². The number of halogens is 1. The lowest BCUT2D eigenvalue weighted by atomic mass is 10.2. The van der Waals surface area contributed by atoms with Crippen molar-refractivity contribution in [2.24, 2.45) is 0 Å². The average molecular weight is 363 g/mol. The molecule has 0 atom stereocenters. The van der Waals surface area contributed by atoms with Gasteiger partial charge < -0.3 is 20.1 Å². The van der Waals surface area contributed by atoms with E-state index in [1.54, 1.807) is 42.5 Å². The molecule has 0 fully saturated rings. The molecule has 0 heterocycles. The van der Waals surface area contributed by atoms with Crippen LogP contribution in [0.5, 0.6) is 11.5 Å². The Morgan fingerprint density at radius 1 is 0.840 bits per heavy atom. The predicted molar refractivity (Wildman–Crippen MR) is 97.5 cm³/mol. The van der Waals surface area contributed by atoms with Crippen molar-refractivity contribution in [1.82, 2.24) is 0 Å². The van der Waals surface area contributed by atoms with Crippen molar-refractivity contribution in [3.63, 3.8) is 0 Å². The molecule has 2 amide bonds. The highest BCUT2D eigenvalue weighted by molar-refractivity contribution is 6.43. The van der Waals surface area contributed by atoms with Gasteiger partial charge >= 0.3 is 11.8 Å². The van der Waals surface area contributed by atoms with Gasteiger partial charge in [-0.1, -0.05) is 11.6 Å². The molecule has 0 aromatic heterocycles. The van der Waals surface area contributed by atoms with Gasteiger partial charge in [0.1, 0.15) is 0 Å². The number of carbonyl (C=O) groups is 2. The molecule has 0 saturated heterocycles. The molecule has 2 rings (SSSR count). The largest absolute Gasteiger partial charge is 0.490 e. The normalized spacial score (nSPS) is 10.0. The fourth-order valence-electron chi connectivity index (χ4n) is 2.04. The highest BCUT2D eigenvalue weighted by Crippen LogP contribution is 2.30. The fourth-order valence-corrected chi connectivity index (χ4v) is 2.16. The number of hydrogen-bond donors (Lipinski definition) is 2. The summed E-state index contributed by atoms with van der Waals surface area (Å²) in [5.41, 5.74) is 0.911. The van der Waals surface area contributed by atoms with E-state index < -0.39 is 11.8 Å². The van der Waals surface area contributed by atoms with Crippen LogP contribution in [0.15, 0.2) is 42.5 Å². The van der Waals surface area contributed by atoms with Crippen molar-refractivity contribution in [3.05, 3.63) is 47.5 Å². The molecule has 0 saturated carbocycles. The minimum atomic E-state index is -0.790. The highest BCUT2D eigenvalue weighted by atomic mass is 35.5. The molecule has 0 radical (unpaired) electrons. The molecular formula is C18H19ClN2O4. The van der Waals surface area contributed by atoms with E-state index in [0.29, 0.717) is 41.1 Å². The van der Waals surface area contributed by atoms with E-state index >= 15 is 0 Å². The molecule has 2 aromatic rings. The fraction of sp³-hybridized carbons (Fsp3) is 0.222. The number of hydrogen-bond acceptors (Lipinski definition) is 4. The van der Waals surface area contributed by atoms with E-state index in [9.17, 15) is 9.59 Å². The van der Waals surface area contributed by atoms with Crippen LogP contribution in [0.3, 0.4) is 0 Å². The van der Waals surface area contributed by atoms with E-state index in [1.165, 1.54) is 0 Å². The molecule has 0 unspecified atom stereocenters. The molecule has 0 aliphatic rings. The first-order valence-electron chi connectivity index (χ1n) is 7.81. The Balaban J connectivity index is 2.04. The third-order valence-corrected chi connectivity index (χ3v) is 3.36. The summed E-state index contributed by atoms with van der Waals surface area (Å²) in [7, 11) is 0. The Kier molecular flexibility index (Phi) is 6.65. The molecule has 132 valence electrons. The number of carbonyl (C=O) groups excluding carboxylic acids is 2. The molecule has 7 heteroatoms. The van der Waals surface area contributed by atoms with Crippen molar-refractivity contribution in [2.75, 3.05) is 23.8 Å².